The largest absolute Gasteiger partial charge is 0.381 e. The quantitative estimate of drug-likeness (QED) is 0.856. The van der Waals surface area contributed by atoms with Crippen LogP contribution in [-0.4, -0.2) is 36.7 Å². The fourth-order valence-corrected chi connectivity index (χ4v) is 3.63. The molecule has 1 aliphatic heterocycles. The van der Waals surface area contributed by atoms with Crippen LogP contribution in [0, 0.1) is 5.92 Å². The Labute approximate surface area is 113 Å². The van der Waals surface area contributed by atoms with E-state index < -0.39 is 0 Å². The lowest BCUT2D eigenvalue weighted by atomic mass is 9.97. The number of rotatable bonds is 6. The Balaban J connectivity index is 1.70. The molecule has 2 unspecified atom stereocenters. The molecule has 0 radical (unpaired) electrons. The topological polar surface area (TPSA) is 38.5 Å². The number of hydrogen-bond acceptors (Lipinski definition) is 4. The Morgan fingerprint density at radius 2 is 2.33 bits per heavy atom. The van der Waals surface area contributed by atoms with E-state index in [1.54, 1.807) is 11.3 Å². The third-order valence-electron chi connectivity index (χ3n) is 4.14. The standard InChI is InChI=1S/C14H22N2OS/c15-7-14(12-3-5-17-9-12)16(13-1-2-13)8-11-4-6-18-10-11/h4,6,10,12-14H,1-3,5,7-9,15H2. The maximum Gasteiger partial charge on any atom is 0.0510 e. The highest BCUT2D eigenvalue weighted by Gasteiger charge is 2.37. The van der Waals surface area contributed by atoms with Gasteiger partial charge in [-0.1, -0.05) is 0 Å². The van der Waals surface area contributed by atoms with Crippen molar-refractivity contribution in [1.82, 2.24) is 4.90 Å². The van der Waals surface area contributed by atoms with E-state index in [4.69, 9.17) is 10.5 Å². The van der Waals surface area contributed by atoms with Crippen molar-refractivity contribution in [3.8, 4) is 0 Å². The minimum Gasteiger partial charge on any atom is -0.381 e. The van der Waals surface area contributed by atoms with Gasteiger partial charge in [-0.05, 0) is 41.7 Å². The lowest BCUT2D eigenvalue weighted by molar-refractivity contribution is 0.110. The summed E-state index contributed by atoms with van der Waals surface area (Å²) >= 11 is 1.78. The van der Waals surface area contributed by atoms with Crippen LogP contribution in [0.5, 0.6) is 0 Å². The van der Waals surface area contributed by atoms with E-state index in [1.807, 2.05) is 0 Å². The molecule has 2 aliphatic rings. The highest BCUT2D eigenvalue weighted by atomic mass is 32.1. The fraction of sp³-hybridized carbons (Fsp3) is 0.714. The molecule has 0 aromatic carbocycles. The minimum absolute atomic E-state index is 0.500. The molecule has 18 heavy (non-hydrogen) atoms. The molecule has 1 aliphatic carbocycles. The number of ether oxygens (including phenoxy) is 1. The molecule has 2 atom stereocenters. The van der Waals surface area contributed by atoms with E-state index in [9.17, 15) is 0 Å². The van der Waals surface area contributed by atoms with E-state index in [1.165, 1.54) is 24.8 Å². The van der Waals surface area contributed by atoms with Gasteiger partial charge in [0.05, 0.1) is 6.61 Å². The van der Waals surface area contributed by atoms with E-state index in [-0.39, 0.29) is 0 Å². The third kappa shape index (κ3) is 2.77. The van der Waals surface area contributed by atoms with Gasteiger partial charge in [-0.2, -0.15) is 11.3 Å². The number of hydrogen-bond donors (Lipinski definition) is 1. The van der Waals surface area contributed by atoms with Crippen LogP contribution < -0.4 is 5.73 Å². The van der Waals surface area contributed by atoms with Crippen LogP contribution in [0.3, 0.4) is 0 Å². The first-order valence-corrected chi connectivity index (χ1v) is 7.87. The van der Waals surface area contributed by atoms with Gasteiger partial charge >= 0.3 is 0 Å². The van der Waals surface area contributed by atoms with Crippen LogP contribution in [0.2, 0.25) is 0 Å². The van der Waals surface area contributed by atoms with Gasteiger partial charge in [-0.3, -0.25) is 4.90 Å². The number of nitrogens with two attached hydrogens (primary N) is 1. The lowest BCUT2D eigenvalue weighted by Gasteiger charge is -2.34. The second kappa shape index (κ2) is 5.70. The van der Waals surface area contributed by atoms with E-state index >= 15 is 0 Å². The Morgan fingerprint density at radius 1 is 1.44 bits per heavy atom. The Hall–Kier alpha value is -0.420. The second-order valence-electron chi connectivity index (χ2n) is 5.46. The monoisotopic (exact) mass is 266 g/mol. The van der Waals surface area contributed by atoms with Crippen LogP contribution in [0.25, 0.3) is 0 Å². The minimum atomic E-state index is 0.500. The van der Waals surface area contributed by atoms with Gasteiger partial charge < -0.3 is 10.5 Å². The smallest absolute Gasteiger partial charge is 0.0510 e. The first-order valence-electron chi connectivity index (χ1n) is 6.93. The maximum absolute atomic E-state index is 6.05. The maximum atomic E-state index is 6.05. The molecule has 2 N–H and O–H groups in total. The summed E-state index contributed by atoms with van der Waals surface area (Å²) in [5.41, 5.74) is 7.49. The van der Waals surface area contributed by atoms with E-state index in [0.717, 1.165) is 32.3 Å². The molecule has 1 aromatic heterocycles. The molecule has 1 saturated heterocycles. The first kappa shape index (κ1) is 12.6. The molecule has 2 fully saturated rings. The normalized spacial score (nSPS) is 25.8. The van der Waals surface area contributed by atoms with Crippen molar-refractivity contribution in [1.29, 1.82) is 0 Å². The van der Waals surface area contributed by atoms with Crippen molar-refractivity contribution in [2.24, 2.45) is 11.7 Å². The fourth-order valence-electron chi connectivity index (χ4n) is 2.97. The zero-order valence-electron chi connectivity index (χ0n) is 10.8. The molecule has 100 valence electrons. The summed E-state index contributed by atoms with van der Waals surface area (Å²) in [4.78, 5) is 2.64. The van der Waals surface area contributed by atoms with Crippen molar-refractivity contribution in [3.63, 3.8) is 0 Å². The summed E-state index contributed by atoms with van der Waals surface area (Å²) in [6.45, 7) is 3.63. The van der Waals surface area contributed by atoms with Gasteiger partial charge in [0.2, 0.25) is 0 Å². The molecule has 0 spiro atoms. The van der Waals surface area contributed by atoms with Gasteiger partial charge in [-0.25, -0.2) is 0 Å². The average Bonchev–Trinajstić information content (AvgIpc) is 2.89. The molecule has 1 saturated carbocycles. The highest BCUT2D eigenvalue weighted by Crippen LogP contribution is 2.34. The van der Waals surface area contributed by atoms with Crippen LogP contribution in [0.4, 0.5) is 0 Å². The predicted octanol–water partition coefficient (Wildman–Crippen LogP) is 2.08. The van der Waals surface area contributed by atoms with Gasteiger partial charge in [0, 0.05) is 37.7 Å². The lowest BCUT2D eigenvalue weighted by Crippen LogP contribution is -2.46. The van der Waals surface area contributed by atoms with Crippen molar-refractivity contribution >= 4 is 11.3 Å². The van der Waals surface area contributed by atoms with Gasteiger partial charge in [0.1, 0.15) is 0 Å². The first-order chi connectivity index (χ1) is 8.88. The van der Waals surface area contributed by atoms with Gasteiger partial charge in [0.15, 0.2) is 0 Å². The van der Waals surface area contributed by atoms with Gasteiger partial charge in [-0.15, -0.1) is 0 Å². The number of nitrogens with zero attached hydrogens (tertiary/aromatic N) is 1. The Bertz CT molecular complexity index is 358. The molecular formula is C14H22N2OS. The molecular weight excluding hydrogens is 244 g/mol. The molecule has 4 heteroatoms. The molecule has 0 amide bonds. The number of thiophene rings is 1. The van der Waals surface area contributed by atoms with Gasteiger partial charge in [0.25, 0.3) is 0 Å². The molecule has 0 bridgehead atoms. The van der Waals surface area contributed by atoms with Crippen molar-refractivity contribution in [2.75, 3.05) is 19.8 Å². The van der Waals surface area contributed by atoms with Crippen molar-refractivity contribution < 1.29 is 4.74 Å². The summed E-state index contributed by atoms with van der Waals surface area (Å²) < 4.78 is 5.55. The summed E-state index contributed by atoms with van der Waals surface area (Å²) in [6.07, 6.45) is 3.86. The van der Waals surface area contributed by atoms with Crippen molar-refractivity contribution in [3.05, 3.63) is 22.4 Å². The third-order valence-corrected chi connectivity index (χ3v) is 4.87. The summed E-state index contributed by atoms with van der Waals surface area (Å²) in [5, 5.41) is 4.42. The second-order valence-corrected chi connectivity index (χ2v) is 6.24. The molecule has 3 rings (SSSR count). The SMILES string of the molecule is NCC(C1CCOC1)N(Cc1ccsc1)C1CC1. The van der Waals surface area contributed by atoms with E-state index in [0.29, 0.717) is 12.0 Å². The zero-order chi connectivity index (χ0) is 12.4. The summed E-state index contributed by atoms with van der Waals surface area (Å²) in [5.74, 6) is 0.634. The van der Waals surface area contributed by atoms with E-state index in [2.05, 4.69) is 21.7 Å². The van der Waals surface area contributed by atoms with Crippen molar-refractivity contribution in [2.45, 2.75) is 37.9 Å². The van der Waals surface area contributed by atoms with Crippen LogP contribution in [-0.2, 0) is 11.3 Å². The predicted molar refractivity (Wildman–Crippen MR) is 74.7 cm³/mol. The molecule has 2 heterocycles. The Morgan fingerprint density at radius 3 is 2.89 bits per heavy atom. The van der Waals surface area contributed by atoms with Crippen LogP contribution in [0.15, 0.2) is 16.8 Å². The summed E-state index contributed by atoms with van der Waals surface area (Å²) in [7, 11) is 0. The average molecular weight is 266 g/mol. The molecule has 3 nitrogen and oxygen atoms in total. The van der Waals surface area contributed by atoms with Crippen LogP contribution >= 0.6 is 11.3 Å². The Kier molecular flexibility index (Phi) is 3.99. The highest BCUT2D eigenvalue weighted by molar-refractivity contribution is 7.07. The van der Waals surface area contributed by atoms with Crippen LogP contribution in [0.1, 0.15) is 24.8 Å². The summed E-state index contributed by atoms with van der Waals surface area (Å²) in [6, 6.07) is 3.50. The molecule has 1 aromatic rings. The zero-order valence-corrected chi connectivity index (χ0v) is 11.6.